The van der Waals surface area contributed by atoms with Crippen LogP contribution < -0.4 is 14.8 Å². The molecule has 0 spiro atoms. The molecule has 4 nitrogen and oxygen atoms in total. The molecule has 1 saturated carbocycles. The van der Waals surface area contributed by atoms with E-state index in [-0.39, 0.29) is 11.7 Å². The third-order valence-electron chi connectivity index (χ3n) is 4.38. The molecule has 2 aliphatic rings. The van der Waals surface area contributed by atoms with Gasteiger partial charge >= 0.3 is 0 Å². The largest absolute Gasteiger partial charge is 0.486 e. The SMILES string of the molecule is O=C(Nc1ccc(F)cc1)C1(c2ccc3c(c2)OCCO3)CC1. The Morgan fingerprint density at radius 1 is 1.00 bits per heavy atom. The first-order valence-corrected chi connectivity index (χ1v) is 7.65. The van der Waals surface area contributed by atoms with Crippen LogP contribution in [0.2, 0.25) is 0 Å². The maximum atomic E-state index is 13.0. The van der Waals surface area contributed by atoms with Crippen molar-refractivity contribution in [1.29, 1.82) is 0 Å². The Balaban J connectivity index is 1.58. The van der Waals surface area contributed by atoms with Crippen molar-refractivity contribution in [3.63, 3.8) is 0 Å². The van der Waals surface area contributed by atoms with Gasteiger partial charge < -0.3 is 14.8 Å². The highest BCUT2D eigenvalue weighted by atomic mass is 19.1. The molecule has 0 atom stereocenters. The first-order chi connectivity index (χ1) is 11.2. The van der Waals surface area contributed by atoms with Crippen molar-refractivity contribution in [3.05, 3.63) is 53.8 Å². The van der Waals surface area contributed by atoms with Gasteiger partial charge in [0.05, 0.1) is 5.41 Å². The first kappa shape index (κ1) is 14.1. The van der Waals surface area contributed by atoms with E-state index in [1.165, 1.54) is 12.1 Å². The fourth-order valence-corrected chi connectivity index (χ4v) is 2.90. The topological polar surface area (TPSA) is 47.6 Å². The Bertz CT molecular complexity index is 753. The molecule has 0 saturated heterocycles. The van der Waals surface area contributed by atoms with E-state index in [4.69, 9.17) is 9.47 Å². The van der Waals surface area contributed by atoms with Crippen LogP contribution >= 0.6 is 0 Å². The van der Waals surface area contributed by atoms with E-state index >= 15 is 0 Å². The van der Waals surface area contributed by atoms with E-state index in [0.29, 0.717) is 24.7 Å². The minimum absolute atomic E-state index is 0.0687. The fraction of sp³-hybridized carbons (Fsp3) is 0.278. The Morgan fingerprint density at radius 3 is 2.39 bits per heavy atom. The van der Waals surface area contributed by atoms with Crippen molar-refractivity contribution in [2.45, 2.75) is 18.3 Å². The summed E-state index contributed by atoms with van der Waals surface area (Å²) in [5, 5.41) is 2.87. The quantitative estimate of drug-likeness (QED) is 0.946. The van der Waals surface area contributed by atoms with Crippen molar-refractivity contribution < 1.29 is 18.7 Å². The van der Waals surface area contributed by atoms with Gasteiger partial charge in [0.15, 0.2) is 11.5 Å². The lowest BCUT2D eigenvalue weighted by Gasteiger charge is -2.21. The lowest BCUT2D eigenvalue weighted by Crippen LogP contribution is -2.28. The average molecular weight is 313 g/mol. The summed E-state index contributed by atoms with van der Waals surface area (Å²) in [5.74, 6) is 1.01. The van der Waals surface area contributed by atoms with Crippen LogP contribution in [0, 0.1) is 5.82 Å². The van der Waals surface area contributed by atoms with Gasteiger partial charge in [-0.05, 0) is 54.8 Å². The molecule has 0 bridgehead atoms. The highest BCUT2D eigenvalue weighted by molar-refractivity contribution is 6.01. The van der Waals surface area contributed by atoms with Crippen LogP contribution in [-0.4, -0.2) is 19.1 Å². The van der Waals surface area contributed by atoms with Gasteiger partial charge in [0, 0.05) is 5.69 Å². The maximum absolute atomic E-state index is 13.0. The van der Waals surface area contributed by atoms with Crippen molar-refractivity contribution >= 4 is 11.6 Å². The molecule has 1 N–H and O–H groups in total. The van der Waals surface area contributed by atoms with Gasteiger partial charge in [0.2, 0.25) is 5.91 Å². The molecule has 23 heavy (non-hydrogen) atoms. The van der Waals surface area contributed by atoms with Gasteiger partial charge in [-0.2, -0.15) is 0 Å². The molecular weight excluding hydrogens is 297 g/mol. The van der Waals surface area contributed by atoms with Crippen molar-refractivity contribution in [2.75, 3.05) is 18.5 Å². The Labute approximate surface area is 133 Å². The molecule has 1 fully saturated rings. The minimum atomic E-state index is -0.524. The molecule has 0 radical (unpaired) electrons. The number of halogens is 1. The van der Waals surface area contributed by atoms with Gasteiger partial charge in [-0.1, -0.05) is 6.07 Å². The number of hydrogen-bond acceptors (Lipinski definition) is 3. The zero-order chi connectivity index (χ0) is 15.9. The summed E-state index contributed by atoms with van der Waals surface area (Å²) in [4.78, 5) is 12.7. The monoisotopic (exact) mass is 313 g/mol. The molecule has 1 aliphatic heterocycles. The predicted octanol–water partition coefficient (Wildman–Crippen LogP) is 3.27. The lowest BCUT2D eigenvalue weighted by molar-refractivity contribution is -0.118. The molecule has 2 aromatic carbocycles. The number of carbonyl (C=O) groups is 1. The second-order valence-corrected chi connectivity index (χ2v) is 5.90. The normalized spacial score (nSPS) is 17.4. The van der Waals surface area contributed by atoms with Crippen LogP contribution in [0.15, 0.2) is 42.5 Å². The van der Waals surface area contributed by atoms with E-state index in [1.807, 2.05) is 18.2 Å². The smallest absolute Gasteiger partial charge is 0.235 e. The second kappa shape index (κ2) is 5.26. The number of carbonyl (C=O) groups excluding carboxylic acids is 1. The summed E-state index contributed by atoms with van der Waals surface area (Å²) in [6.07, 6.45) is 1.58. The van der Waals surface area contributed by atoms with Gasteiger partial charge in [-0.3, -0.25) is 4.79 Å². The molecule has 0 unspecified atom stereocenters. The molecule has 2 aromatic rings. The van der Waals surface area contributed by atoms with E-state index < -0.39 is 5.41 Å². The average Bonchev–Trinajstić information content (AvgIpc) is 3.38. The lowest BCUT2D eigenvalue weighted by atomic mass is 9.94. The van der Waals surface area contributed by atoms with E-state index in [2.05, 4.69) is 5.32 Å². The summed E-state index contributed by atoms with van der Waals surface area (Å²) < 4.78 is 24.1. The molecule has 118 valence electrons. The number of benzene rings is 2. The zero-order valence-corrected chi connectivity index (χ0v) is 12.5. The number of anilines is 1. The number of hydrogen-bond donors (Lipinski definition) is 1. The first-order valence-electron chi connectivity index (χ1n) is 7.65. The third-order valence-corrected chi connectivity index (χ3v) is 4.38. The Morgan fingerprint density at radius 2 is 1.70 bits per heavy atom. The van der Waals surface area contributed by atoms with Crippen LogP contribution in [-0.2, 0) is 10.2 Å². The summed E-state index contributed by atoms with van der Waals surface area (Å²) >= 11 is 0. The van der Waals surface area contributed by atoms with Crippen LogP contribution in [0.4, 0.5) is 10.1 Å². The molecule has 1 aliphatic carbocycles. The van der Waals surface area contributed by atoms with Crippen molar-refractivity contribution in [2.24, 2.45) is 0 Å². The van der Waals surface area contributed by atoms with Gasteiger partial charge in [-0.15, -0.1) is 0 Å². The maximum Gasteiger partial charge on any atom is 0.235 e. The molecule has 1 heterocycles. The second-order valence-electron chi connectivity index (χ2n) is 5.90. The van der Waals surface area contributed by atoms with Crippen LogP contribution in [0.5, 0.6) is 11.5 Å². The highest BCUT2D eigenvalue weighted by Gasteiger charge is 2.51. The highest BCUT2D eigenvalue weighted by Crippen LogP contribution is 2.50. The number of rotatable bonds is 3. The zero-order valence-electron chi connectivity index (χ0n) is 12.5. The van der Waals surface area contributed by atoms with E-state index in [9.17, 15) is 9.18 Å². The summed E-state index contributed by atoms with van der Waals surface area (Å²) in [6, 6.07) is 11.5. The number of ether oxygens (including phenoxy) is 2. The number of nitrogens with one attached hydrogen (secondary N) is 1. The Hall–Kier alpha value is -2.56. The van der Waals surface area contributed by atoms with E-state index in [0.717, 1.165) is 24.2 Å². The molecule has 0 aromatic heterocycles. The molecular formula is C18H16FNO3. The predicted molar refractivity (Wildman–Crippen MR) is 83.4 cm³/mol. The van der Waals surface area contributed by atoms with Crippen LogP contribution in [0.3, 0.4) is 0 Å². The summed E-state index contributed by atoms with van der Waals surface area (Å²) in [6.45, 7) is 1.06. The van der Waals surface area contributed by atoms with Crippen molar-refractivity contribution in [3.8, 4) is 11.5 Å². The number of amides is 1. The van der Waals surface area contributed by atoms with Crippen LogP contribution in [0.25, 0.3) is 0 Å². The molecule has 5 heteroatoms. The van der Waals surface area contributed by atoms with Gasteiger partial charge in [0.1, 0.15) is 19.0 Å². The molecule has 1 amide bonds. The molecule has 4 rings (SSSR count). The third kappa shape index (κ3) is 2.52. The van der Waals surface area contributed by atoms with Crippen molar-refractivity contribution in [1.82, 2.24) is 0 Å². The van der Waals surface area contributed by atoms with Gasteiger partial charge in [0.25, 0.3) is 0 Å². The fourth-order valence-electron chi connectivity index (χ4n) is 2.90. The van der Waals surface area contributed by atoms with Crippen LogP contribution in [0.1, 0.15) is 18.4 Å². The minimum Gasteiger partial charge on any atom is -0.486 e. The van der Waals surface area contributed by atoms with Gasteiger partial charge in [-0.25, -0.2) is 4.39 Å². The summed E-state index contributed by atoms with van der Waals surface area (Å²) in [5.41, 5.74) is 1.01. The standard InChI is InChI=1S/C18H16FNO3/c19-13-2-4-14(5-3-13)20-17(21)18(7-8-18)12-1-6-15-16(11-12)23-10-9-22-15/h1-6,11H,7-10H2,(H,20,21). The number of fused-ring (bicyclic) bond motifs is 1. The summed E-state index contributed by atoms with van der Waals surface area (Å²) in [7, 11) is 0. The van der Waals surface area contributed by atoms with E-state index in [1.54, 1.807) is 12.1 Å². The Kier molecular flexibility index (Phi) is 3.22.